The Bertz CT molecular complexity index is 998. The van der Waals surface area contributed by atoms with Crippen molar-refractivity contribution in [1.29, 1.82) is 0 Å². The monoisotopic (exact) mass is 558 g/mol. The van der Waals surface area contributed by atoms with E-state index in [2.05, 4.69) is 15.9 Å². The molecule has 1 heterocycles. The second-order valence-electron chi connectivity index (χ2n) is 7.08. The number of nitro benzene ring substituents is 1. The number of nitrogens with zero attached hydrogens (tertiary/aromatic N) is 4. The summed E-state index contributed by atoms with van der Waals surface area (Å²) in [5.41, 5.74) is -0.137. The van der Waals surface area contributed by atoms with Crippen molar-refractivity contribution in [3.63, 3.8) is 0 Å². The largest absolute Gasteiger partial charge is 0.395 e. The summed E-state index contributed by atoms with van der Waals surface area (Å²) >= 11 is 3.29. The van der Waals surface area contributed by atoms with Gasteiger partial charge in [0.15, 0.2) is 0 Å². The van der Waals surface area contributed by atoms with Crippen LogP contribution in [-0.2, 0) is 24.3 Å². The quantitative estimate of drug-likeness (QED) is 0.161. The molecule has 0 aliphatic carbocycles. The molecule has 1 saturated heterocycles. The van der Waals surface area contributed by atoms with Crippen molar-refractivity contribution in [3.05, 3.63) is 28.3 Å². The van der Waals surface area contributed by atoms with E-state index < -0.39 is 25.1 Å². The van der Waals surface area contributed by atoms with Gasteiger partial charge in [0.1, 0.15) is 4.90 Å². The van der Waals surface area contributed by atoms with E-state index in [9.17, 15) is 26.9 Å². The van der Waals surface area contributed by atoms with Crippen molar-refractivity contribution < 1.29 is 31.0 Å². The number of rotatable bonds is 12. The molecule has 0 bridgehead atoms. The molecular formula is C17H27BrN4O8S2. The predicted octanol–water partition coefficient (Wildman–Crippen LogP) is 0.0709. The van der Waals surface area contributed by atoms with Gasteiger partial charge in [-0.05, 0) is 6.07 Å². The second kappa shape index (κ2) is 11.7. The van der Waals surface area contributed by atoms with Gasteiger partial charge in [-0.25, -0.2) is 8.42 Å². The van der Waals surface area contributed by atoms with Crippen LogP contribution in [-0.4, -0.2) is 107 Å². The summed E-state index contributed by atoms with van der Waals surface area (Å²) in [5, 5.41) is 20.8. The van der Waals surface area contributed by atoms with Crippen LogP contribution in [0.4, 0.5) is 11.4 Å². The summed E-state index contributed by atoms with van der Waals surface area (Å²) in [4.78, 5) is 14.0. The van der Waals surface area contributed by atoms with Gasteiger partial charge in [-0.2, -0.15) is 12.7 Å². The van der Waals surface area contributed by atoms with Crippen LogP contribution in [0, 0.1) is 10.1 Å². The van der Waals surface area contributed by atoms with Crippen LogP contribution in [0.1, 0.15) is 0 Å². The van der Waals surface area contributed by atoms with Crippen LogP contribution in [0.15, 0.2) is 23.1 Å². The van der Waals surface area contributed by atoms with Gasteiger partial charge < -0.3 is 10.0 Å². The van der Waals surface area contributed by atoms with E-state index in [1.807, 2.05) is 4.90 Å². The van der Waals surface area contributed by atoms with Gasteiger partial charge in [0, 0.05) is 63.3 Å². The van der Waals surface area contributed by atoms with Crippen LogP contribution in [0.3, 0.4) is 0 Å². The molecule has 0 saturated carbocycles. The Morgan fingerprint density at radius 2 is 1.84 bits per heavy atom. The lowest BCUT2D eigenvalue weighted by Gasteiger charge is -2.34. The molecule has 1 fully saturated rings. The van der Waals surface area contributed by atoms with Gasteiger partial charge in [0.2, 0.25) is 10.0 Å². The summed E-state index contributed by atoms with van der Waals surface area (Å²) in [6.07, 6.45) is 0.917. The Kier molecular flexibility index (Phi) is 9.81. The number of nitro groups is 1. The van der Waals surface area contributed by atoms with E-state index in [0.717, 1.165) is 12.3 Å². The SMILES string of the molecule is CS(=O)(=O)OCCN(CCBr)c1ccc([N+](=O)[O-])cc1S(=O)(=O)N1CCN(CCO)CC1. The molecule has 2 rings (SSSR count). The summed E-state index contributed by atoms with van der Waals surface area (Å²) in [6, 6.07) is 3.60. The van der Waals surface area contributed by atoms with Crippen molar-refractivity contribution in [2.45, 2.75) is 4.90 Å². The van der Waals surface area contributed by atoms with E-state index in [1.165, 1.54) is 16.4 Å². The van der Waals surface area contributed by atoms with Crippen molar-refractivity contribution in [1.82, 2.24) is 9.21 Å². The number of β-amino-alcohol motifs (C(OH)–C–C–N with tert-alkyl or cyclic N) is 1. The average Bonchev–Trinajstić information content (AvgIpc) is 2.72. The first kappa shape index (κ1) is 26.9. The first-order chi connectivity index (χ1) is 15.0. The molecule has 1 aliphatic heterocycles. The Morgan fingerprint density at radius 3 is 2.38 bits per heavy atom. The van der Waals surface area contributed by atoms with Crippen molar-refractivity contribution in [2.24, 2.45) is 0 Å². The zero-order valence-corrected chi connectivity index (χ0v) is 20.8. The molecule has 0 radical (unpaired) electrons. The number of aliphatic hydroxyl groups excluding tert-OH is 1. The van der Waals surface area contributed by atoms with E-state index in [0.29, 0.717) is 31.5 Å². The Morgan fingerprint density at radius 1 is 1.19 bits per heavy atom. The number of halogens is 1. The van der Waals surface area contributed by atoms with Crippen LogP contribution in [0.5, 0.6) is 0 Å². The molecule has 0 amide bonds. The number of non-ortho nitro benzene ring substituents is 1. The third-order valence-corrected chi connectivity index (χ3v) is 7.75. The lowest BCUT2D eigenvalue weighted by Crippen LogP contribution is -2.49. The number of alkyl halides is 1. The molecule has 12 nitrogen and oxygen atoms in total. The molecule has 1 aromatic carbocycles. The van der Waals surface area contributed by atoms with Crippen LogP contribution in [0.25, 0.3) is 0 Å². The minimum Gasteiger partial charge on any atom is -0.395 e. The molecule has 0 spiro atoms. The Balaban J connectivity index is 2.40. The first-order valence-corrected chi connectivity index (χ1v) is 14.1. The standard InChI is InChI=1S/C17H27BrN4O8S2/c1-31(26,27)30-13-11-20(5-4-18)16-3-2-15(22(24)25)14-17(16)32(28,29)21-8-6-19(7-9-21)10-12-23/h2-3,14,23H,4-13H2,1H3. The first-order valence-electron chi connectivity index (χ1n) is 9.76. The highest BCUT2D eigenvalue weighted by molar-refractivity contribution is 9.09. The van der Waals surface area contributed by atoms with Gasteiger partial charge in [-0.3, -0.25) is 19.2 Å². The van der Waals surface area contributed by atoms with Crippen LogP contribution in [0.2, 0.25) is 0 Å². The van der Waals surface area contributed by atoms with Gasteiger partial charge in [0.25, 0.3) is 15.8 Å². The zero-order valence-electron chi connectivity index (χ0n) is 17.6. The summed E-state index contributed by atoms with van der Waals surface area (Å²) in [7, 11) is -7.76. The molecule has 1 aliphatic rings. The topological polar surface area (TPSA) is 151 Å². The fourth-order valence-corrected chi connectivity index (χ4v) is 5.77. The minimum atomic E-state index is -4.08. The van der Waals surface area contributed by atoms with E-state index in [-0.39, 0.29) is 49.1 Å². The average molecular weight is 559 g/mol. The highest BCUT2D eigenvalue weighted by Gasteiger charge is 2.33. The molecule has 182 valence electrons. The lowest BCUT2D eigenvalue weighted by atomic mass is 10.2. The number of benzene rings is 1. The molecule has 15 heteroatoms. The lowest BCUT2D eigenvalue weighted by molar-refractivity contribution is -0.385. The molecular weight excluding hydrogens is 532 g/mol. The van der Waals surface area contributed by atoms with Crippen LogP contribution >= 0.6 is 15.9 Å². The third-order valence-electron chi connectivity index (χ3n) is 4.87. The van der Waals surface area contributed by atoms with Crippen LogP contribution < -0.4 is 4.90 Å². The molecule has 0 unspecified atom stereocenters. The van der Waals surface area contributed by atoms with Crippen molar-refractivity contribution in [3.8, 4) is 0 Å². The molecule has 32 heavy (non-hydrogen) atoms. The van der Waals surface area contributed by atoms with Gasteiger partial charge in [-0.15, -0.1) is 0 Å². The summed E-state index contributed by atoms with van der Waals surface area (Å²) in [5.74, 6) is 0. The smallest absolute Gasteiger partial charge is 0.270 e. The van der Waals surface area contributed by atoms with Gasteiger partial charge in [-0.1, -0.05) is 15.9 Å². The number of piperazine rings is 1. The predicted molar refractivity (Wildman–Crippen MR) is 122 cm³/mol. The summed E-state index contributed by atoms with van der Waals surface area (Å²) in [6.45, 7) is 1.80. The second-order valence-corrected chi connectivity index (χ2v) is 11.4. The highest BCUT2D eigenvalue weighted by Crippen LogP contribution is 2.32. The van der Waals surface area contributed by atoms with Crippen molar-refractivity contribution in [2.75, 3.05) is 75.5 Å². The fourth-order valence-electron chi connectivity index (χ4n) is 3.31. The molecule has 1 N–H and O–H groups in total. The van der Waals surface area contributed by atoms with E-state index in [1.54, 1.807) is 4.90 Å². The summed E-state index contributed by atoms with van der Waals surface area (Å²) < 4.78 is 55.5. The maximum Gasteiger partial charge on any atom is 0.270 e. The van der Waals surface area contributed by atoms with E-state index in [4.69, 9.17) is 9.29 Å². The zero-order chi connectivity index (χ0) is 23.9. The van der Waals surface area contributed by atoms with E-state index >= 15 is 0 Å². The number of anilines is 1. The maximum absolute atomic E-state index is 13.5. The number of hydrogen-bond donors (Lipinski definition) is 1. The Labute approximate surface area is 196 Å². The maximum atomic E-state index is 13.5. The van der Waals surface area contributed by atoms with Gasteiger partial charge in [0.05, 0.1) is 30.1 Å². The number of aliphatic hydroxyl groups is 1. The minimum absolute atomic E-state index is 0.0289. The molecule has 1 aromatic rings. The van der Waals surface area contributed by atoms with Crippen molar-refractivity contribution >= 4 is 47.4 Å². The molecule has 0 aromatic heterocycles. The highest BCUT2D eigenvalue weighted by atomic mass is 79.9. The third kappa shape index (κ3) is 7.33. The Hall–Kier alpha value is -1.36. The number of hydrogen-bond acceptors (Lipinski definition) is 10. The molecule has 0 atom stereocenters. The fraction of sp³-hybridized carbons (Fsp3) is 0.647. The van der Waals surface area contributed by atoms with Gasteiger partial charge >= 0.3 is 0 Å². The number of sulfonamides is 1. The normalized spacial score (nSPS) is 16.2.